The van der Waals surface area contributed by atoms with E-state index in [0.717, 1.165) is 55.5 Å². The number of anilines is 1. The molecule has 0 radical (unpaired) electrons. The minimum absolute atomic E-state index is 0.821. The van der Waals surface area contributed by atoms with E-state index >= 15 is 0 Å². The van der Waals surface area contributed by atoms with Crippen molar-refractivity contribution in [1.29, 1.82) is 0 Å². The number of hydrogen-bond acceptors (Lipinski definition) is 5. The maximum Gasteiger partial charge on any atom is 0.133 e. The maximum absolute atomic E-state index is 4.60. The smallest absolute Gasteiger partial charge is 0.133 e. The Kier molecular flexibility index (Phi) is 4.43. The van der Waals surface area contributed by atoms with Crippen molar-refractivity contribution in [3.8, 4) is 5.69 Å². The lowest BCUT2D eigenvalue weighted by atomic mass is 10.1. The quantitative estimate of drug-likeness (QED) is 0.749. The van der Waals surface area contributed by atoms with Crippen LogP contribution in [0.15, 0.2) is 42.7 Å². The number of rotatable bonds is 5. The third-order valence-electron chi connectivity index (χ3n) is 4.41. The van der Waals surface area contributed by atoms with Gasteiger partial charge in [0.05, 0.1) is 17.6 Å². The van der Waals surface area contributed by atoms with Gasteiger partial charge in [-0.25, -0.2) is 14.6 Å². The molecule has 0 saturated carbocycles. The molecule has 1 aliphatic rings. The molecule has 1 aromatic carbocycles. The van der Waals surface area contributed by atoms with E-state index in [-0.39, 0.29) is 0 Å². The zero-order valence-corrected chi connectivity index (χ0v) is 14.4. The summed E-state index contributed by atoms with van der Waals surface area (Å²) in [4.78, 5) is 9.15. The summed E-state index contributed by atoms with van der Waals surface area (Å²) in [5.41, 5.74) is 4.66. The molecule has 128 valence electrons. The van der Waals surface area contributed by atoms with Gasteiger partial charge in [0.2, 0.25) is 0 Å². The van der Waals surface area contributed by atoms with Gasteiger partial charge in [0.1, 0.15) is 11.6 Å². The van der Waals surface area contributed by atoms with Gasteiger partial charge in [0.25, 0.3) is 0 Å². The number of aryl methyl sites for hydroxylation is 1. The lowest BCUT2D eigenvalue weighted by Gasteiger charge is -2.20. The summed E-state index contributed by atoms with van der Waals surface area (Å²) in [6.45, 7) is 4.59. The van der Waals surface area contributed by atoms with E-state index < -0.39 is 0 Å². The molecule has 0 bridgehead atoms. The van der Waals surface area contributed by atoms with Crippen LogP contribution in [0.3, 0.4) is 0 Å². The molecule has 0 aliphatic carbocycles. The normalized spacial score (nSPS) is 13.5. The second-order valence-corrected chi connectivity index (χ2v) is 6.28. The summed E-state index contributed by atoms with van der Waals surface area (Å²) < 4.78 is 1.91. The van der Waals surface area contributed by atoms with Crippen LogP contribution < -0.4 is 10.6 Å². The van der Waals surface area contributed by atoms with Crippen LogP contribution in [0.5, 0.6) is 0 Å². The lowest BCUT2D eigenvalue weighted by molar-refractivity contribution is 0.621. The van der Waals surface area contributed by atoms with Gasteiger partial charge in [-0.2, -0.15) is 5.10 Å². The van der Waals surface area contributed by atoms with Crippen LogP contribution in [0.4, 0.5) is 5.82 Å². The zero-order valence-electron chi connectivity index (χ0n) is 14.4. The Morgan fingerprint density at radius 2 is 2.08 bits per heavy atom. The second kappa shape index (κ2) is 7.03. The second-order valence-electron chi connectivity index (χ2n) is 6.28. The molecular weight excluding hydrogens is 312 g/mol. The first-order valence-electron chi connectivity index (χ1n) is 8.69. The first kappa shape index (κ1) is 15.8. The molecule has 4 rings (SSSR count). The maximum atomic E-state index is 4.60. The highest BCUT2D eigenvalue weighted by atomic mass is 15.3. The molecule has 2 aromatic heterocycles. The molecule has 0 fully saturated rings. The molecule has 1 aliphatic heterocycles. The average molecular weight is 334 g/mol. The standard InChI is InChI=1S/C19H22N6/c1-14-23-18-12-20-9-8-17(18)19(24-14)21-10-7-15-11-22-25(13-15)16-5-3-2-4-6-16/h2-6,11,13,20H,7-10,12H2,1H3,(H,21,23,24). The van der Waals surface area contributed by atoms with Gasteiger partial charge in [-0.1, -0.05) is 18.2 Å². The number of nitrogens with zero attached hydrogens (tertiary/aromatic N) is 4. The van der Waals surface area contributed by atoms with Crippen LogP contribution in [-0.2, 0) is 19.4 Å². The topological polar surface area (TPSA) is 67.7 Å². The van der Waals surface area contributed by atoms with Gasteiger partial charge in [-0.15, -0.1) is 0 Å². The Hall–Kier alpha value is -2.73. The zero-order chi connectivity index (χ0) is 17.1. The molecule has 0 spiro atoms. The van der Waals surface area contributed by atoms with Crippen LogP contribution in [0, 0.1) is 6.92 Å². The first-order chi connectivity index (χ1) is 12.3. The highest BCUT2D eigenvalue weighted by Gasteiger charge is 2.16. The van der Waals surface area contributed by atoms with E-state index in [4.69, 9.17) is 0 Å². The Balaban J connectivity index is 1.42. The van der Waals surface area contributed by atoms with Crippen molar-refractivity contribution in [2.45, 2.75) is 26.3 Å². The fraction of sp³-hybridized carbons (Fsp3) is 0.316. The average Bonchev–Trinajstić information content (AvgIpc) is 3.11. The molecule has 0 atom stereocenters. The van der Waals surface area contributed by atoms with Crippen molar-refractivity contribution >= 4 is 5.82 Å². The number of fused-ring (bicyclic) bond motifs is 1. The highest BCUT2D eigenvalue weighted by molar-refractivity contribution is 5.48. The Bertz CT molecular complexity index is 856. The van der Waals surface area contributed by atoms with Crippen molar-refractivity contribution in [1.82, 2.24) is 25.1 Å². The van der Waals surface area contributed by atoms with E-state index in [2.05, 4.69) is 44.0 Å². The molecule has 3 heterocycles. The van der Waals surface area contributed by atoms with E-state index in [9.17, 15) is 0 Å². The van der Waals surface area contributed by atoms with Gasteiger partial charge >= 0.3 is 0 Å². The van der Waals surface area contributed by atoms with Gasteiger partial charge < -0.3 is 10.6 Å². The van der Waals surface area contributed by atoms with E-state index in [1.165, 1.54) is 11.1 Å². The molecule has 0 unspecified atom stereocenters. The van der Waals surface area contributed by atoms with Gasteiger partial charge in [-0.05, 0) is 44.0 Å². The molecule has 0 amide bonds. The fourth-order valence-electron chi connectivity index (χ4n) is 3.17. The number of hydrogen-bond donors (Lipinski definition) is 2. The summed E-state index contributed by atoms with van der Waals surface area (Å²) >= 11 is 0. The number of aromatic nitrogens is 4. The predicted molar refractivity (Wildman–Crippen MR) is 97.9 cm³/mol. The predicted octanol–water partition coefficient (Wildman–Crippen LogP) is 2.27. The summed E-state index contributed by atoms with van der Waals surface area (Å²) in [6, 6.07) is 10.2. The molecule has 3 aromatic rings. The van der Waals surface area contributed by atoms with E-state index in [1.54, 1.807) is 0 Å². The van der Waals surface area contributed by atoms with Crippen molar-refractivity contribution in [3.05, 3.63) is 65.4 Å². The Morgan fingerprint density at radius 3 is 2.96 bits per heavy atom. The summed E-state index contributed by atoms with van der Waals surface area (Å²) in [7, 11) is 0. The van der Waals surface area contributed by atoms with Crippen molar-refractivity contribution in [2.24, 2.45) is 0 Å². The third kappa shape index (κ3) is 3.53. The third-order valence-corrected chi connectivity index (χ3v) is 4.41. The summed E-state index contributed by atoms with van der Waals surface area (Å²) in [6.07, 6.45) is 5.90. The molecule has 6 nitrogen and oxygen atoms in total. The lowest BCUT2D eigenvalue weighted by Crippen LogP contribution is -2.27. The van der Waals surface area contributed by atoms with Crippen LogP contribution in [0.1, 0.15) is 22.6 Å². The van der Waals surface area contributed by atoms with Gasteiger partial charge in [0.15, 0.2) is 0 Å². The van der Waals surface area contributed by atoms with E-state index in [0.29, 0.717) is 0 Å². The molecule has 0 saturated heterocycles. The first-order valence-corrected chi connectivity index (χ1v) is 8.69. The summed E-state index contributed by atoms with van der Waals surface area (Å²) in [5, 5.41) is 11.3. The minimum Gasteiger partial charge on any atom is -0.369 e. The van der Waals surface area contributed by atoms with Crippen molar-refractivity contribution < 1.29 is 0 Å². The fourth-order valence-corrected chi connectivity index (χ4v) is 3.17. The van der Waals surface area contributed by atoms with Crippen molar-refractivity contribution in [3.63, 3.8) is 0 Å². The molecule has 2 N–H and O–H groups in total. The number of nitrogens with one attached hydrogen (secondary N) is 2. The summed E-state index contributed by atoms with van der Waals surface area (Å²) in [5.74, 6) is 1.81. The highest BCUT2D eigenvalue weighted by Crippen LogP contribution is 2.20. The minimum atomic E-state index is 0.821. The monoisotopic (exact) mass is 334 g/mol. The van der Waals surface area contributed by atoms with Crippen LogP contribution >= 0.6 is 0 Å². The Labute approximate surface area is 147 Å². The van der Waals surface area contributed by atoms with E-state index in [1.807, 2.05) is 36.0 Å². The van der Waals surface area contributed by atoms with Crippen LogP contribution in [-0.4, -0.2) is 32.8 Å². The van der Waals surface area contributed by atoms with Crippen molar-refractivity contribution in [2.75, 3.05) is 18.4 Å². The molecule has 6 heteroatoms. The van der Waals surface area contributed by atoms with Crippen LogP contribution in [0.2, 0.25) is 0 Å². The molecular formula is C19H22N6. The largest absolute Gasteiger partial charge is 0.369 e. The van der Waals surface area contributed by atoms with Gasteiger partial charge in [0, 0.05) is 24.8 Å². The number of para-hydroxylation sites is 1. The Morgan fingerprint density at radius 1 is 1.20 bits per heavy atom. The number of benzene rings is 1. The SMILES string of the molecule is Cc1nc2c(c(NCCc3cnn(-c4ccccc4)c3)n1)CCNC2. The molecule has 25 heavy (non-hydrogen) atoms. The van der Waals surface area contributed by atoms with Gasteiger partial charge in [-0.3, -0.25) is 0 Å². The van der Waals surface area contributed by atoms with Crippen LogP contribution in [0.25, 0.3) is 5.69 Å².